The maximum absolute atomic E-state index is 12.6. The highest BCUT2D eigenvalue weighted by molar-refractivity contribution is 6.30. The molecule has 7 heteroatoms. The second-order valence-corrected chi connectivity index (χ2v) is 3.49. The first kappa shape index (κ1) is 13.4. The van der Waals surface area contributed by atoms with Gasteiger partial charge in [-0.15, -0.1) is 0 Å². The molecule has 3 nitrogen and oxygen atoms in total. The maximum atomic E-state index is 12.6. The summed E-state index contributed by atoms with van der Waals surface area (Å²) in [5.74, 6) is 0. The van der Waals surface area contributed by atoms with Crippen LogP contribution in [0.2, 0.25) is 5.02 Å². The molecule has 0 aliphatic carbocycles. The molecule has 4 N–H and O–H groups in total. The summed E-state index contributed by atoms with van der Waals surface area (Å²) in [5.41, 5.74) is 8.32. The zero-order chi connectivity index (χ0) is 13.1. The molecule has 1 aromatic carbocycles. The molecule has 0 atom stereocenters. The zero-order valence-corrected chi connectivity index (χ0v) is 9.26. The fourth-order valence-corrected chi connectivity index (χ4v) is 1.14. The first-order valence-electron chi connectivity index (χ1n) is 4.44. The van der Waals surface area contributed by atoms with Gasteiger partial charge in [0.2, 0.25) is 0 Å². The number of allylic oxidation sites excluding steroid dienone is 1. The summed E-state index contributed by atoms with van der Waals surface area (Å²) in [6, 6.07) is 5.54. The van der Waals surface area contributed by atoms with Crippen molar-refractivity contribution in [3.8, 4) is 0 Å². The normalized spacial score (nSPS) is 13.9. The van der Waals surface area contributed by atoms with Crippen LogP contribution >= 0.6 is 11.6 Å². The summed E-state index contributed by atoms with van der Waals surface area (Å²) >= 11 is 5.60. The van der Waals surface area contributed by atoms with Crippen LogP contribution in [0.5, 0.6) is 0 Å². The van der Waals surface area contributed by atoms with Gasteiger partial charge in [-0.2, -0.15) is 13.2 Å². The molecule has 0 saturated carbocycles. The minimum absolute atomic E-state index is 0.0894. The van der Waals surface area contributed by atoms with E-state index < -0.39 is 17.6 Å². The fourth-order valence-electron chi connectivity index (χ4n) is 1.02. The van der Waals surface area contributed by atoms with Gasteiger partial charge in [-0.05, 0) is 24.3 Å². The third kappa shape index (κ3) is 3.67. The Morgan fingerprint density at radius 2 is 1.76 bits per heavy atom. The van der Waals surface area contributed by atoms with E-state index >= 15 is 0 Å². The minimum atomic E-state index is -4.67. The van der Waals surface area contributed by atoms with Gasteiger partial charge in [0.25, 0.3) is 0 Å². The molecule has 0 aliphatic heterocycles. The van der Waals surface area contributed by atoms with Crippen molar-refractivity contribution in [2.75, 3.05) is 0 Å². The predicted molar refractivity (Wildman–Crippen MR) is 61.1 cm³/mol. The van der Waals surface area contributed by atoms with Gasteiger partial charge in [0.15, 0.2) is 5.71 Å². The van der Waals surface area contributed by atoms with Crippen molar-refractivity contribution in [3.63, 3.8) is 0 Å². The molecule has 0 spiro atoms. The first-order valence-corrected chi connectivity index (χ1v) is 4.81. The van der Waals surface area contributed by atoms with Gasteiger partial charge in [-0.1, -0.05) is 11.6 Å². The average molecular weight is 264 g/mol. The summed E-state index contributed by atoms with van der Waals surface area (Å²) in [6.07, 6.45) is -4.01. The van der Waals surface area contributed by atoms with E-state index in [1.165, 1.54) is 24.3 Å². The van der Waals surface area contributed by atoms with E-state index in [-0.39, 0.29) is 5.69 Å². The molecule has 0 saturated heterocycles. The second-order valence-electron chi connectivity index (χ2n) is 3.06. The van der Waals surface area contributed by atoms with Gasteiger partial charge < -0.3 is 11.5 Å². The number of nitrogens with two attached hydrogens (primary N) is 2. The Balaban J connectivity index is 3.19. The lowest BCUT2D eigenvalue weighted by Crippen LogP contribution is -2.29. The van der Waals surface area contributed by atoms with E-state index in [2.05, 4.69) is 4.99 Å². The monoisotopic (exact) mass is 263 g/mol. The number of nitrogens with zero attached hydrogens (tertiary/aromatic N) is 1. The van der Waals surface area contributed by atoms with Gasteiger partial charge in [0.1, 0.15) is 0 Å². The summed E-state index contributed by atoms with van der Waals surface area (Å²) in [7, 11) is 0. The van der Waals surface area contributed by atoms with Crippen molar-refractivity contribution in [1.82, 2.24) is 0 Å². The van der Waals surface area contributed by atoms with Gasteiger partial charge >= 0.3 is 6.18 Å². The number of benzene rings is 1. The quantitative estimate of drug-likeness (QED) is 0.806. The molecule has 17 heavy (non-hydrogen) atoms. The van der Waals surface area contributed by atoms with Crippen LogP contribution in [0.4, 0.5) is 18.9 Å². The lowest BCUT2D eigenvalue weighted by atomic mass is 10.2. The van der Waals surface area contributed by atoms with Crippen LogP contribution in [0, 0.1) is 0 Å². The van der Waals surface area contributed by atoms with E-state index in [0.29, 0.717) is 11.2 Å². The average Bonchev–Trinajstić information content (AvgIpc) is 2.25. The summed E-state index contributed by atoms with van der Waals surface area (Å²) < 4.78 is 37.8. The standard InChI is InChI=1S/C10H9ClF3N3/c11-6-1-3-7(4-2-6)17-9(8(16)5-15)10(12,13)14/h1-5H,15-16H2. The Morgan fingerprint density at radius 1 is 1.24 bits per heavy atom. The molecular formula is C10H9ClF3N3. The lowest BCUT2D eigenvalue weighted by Gasteiger charge is -2.10. The van der Waals surface area contributed by atoms with Crippen molar-refractivity contribution < 1.29 is 13.2 Å². The third-order valence-corrected chi connectivity index (χ3v) is 2.04. The molecule has 0 unspecified atom stereocenters. The lowest BCUT2D eigenvalue weighted by molar-refractivity contribution is -0.0582. The molecule has 0 heterocycles. The maximum Gasteiger partial charge on any atom is 0.435 e. The smallest absolute Gasteiger partial charge is 0.403 e. The molecular weight excluding hydrogens is 255 g/mol. The number of hydrogen-bond acceptors (Lipinski definition) is 3. The van der Waals surface area contributed by atoms with Crippen LogP contribution in [-0.4, -0.2) is 11.9 Å². The molecule has 0 aromatic heterocycles. The third-order valence-electron chi connectivity index (χ3n) is 1.79. The van der Waals surface area contributed by atoms with Crippen LogP contribution < -0.4 is 11.5 Å². The Morgan fingerprint density at radius 3 is 2.18 bits per heavy atom. The summed E-state index contributed by atoms with van der Waals surface area (Å²) in [5, 5.41) is 0.403. The van der Waals surface area contributed by atoms with Crippen molar-refractivity contribution in [3.05, 3.63) is 41.2 Å². The van der Waals surface area contributed by atoms with Gasteiger partial charge in [0, 0.05) is 11.2 Å². The van der Waals surface area contributed by atoms with Crippen LogP contribution in [-0.2, 0) is 0 Å². The Kier molecular flexibility index (Phi) is 4.01. The summed E-state index contributed by atoms with van der Waals surface area (Å²) in [4.78, 5) is 3.40. The fraction of sp³-hybridized carbons (Fsp3) is 0.100. The van der Waals surface area contributed by atoms with Crippen LogP contribution in [0.25, 0.3) is 0 Å². The predicted octanol–water partition coefficient (Wildman–Crippen LogP) is 2.73. The van der Waals surface area contributed by atoms with E-state index in [1.54, 1.807) is 0 Å². The molecule has 1 aromatic rings. The highest BCUT2D eigenvalue weighted by Gasteiger charge is 2.37. The van der Waals surface area contributed by atoms with Crippen molar-refractivity contribution in [1.29, 1.82) is 0 Å². The molecule has 0 fully saturated rings. The van der Waals surface area contributed by atoms with E-state index in [0.717, 1.165) is 0 Å². The minimum Gasteiger partial charge on any atom is -0.403 e. The van der Waals surface area contributed by atoms with Gasteiger partial charge in [0.05, 0.1) is 11.4 Å². The second kappa shape index (κ2) is 5.09. The van der Waals surface area contributed by atoms with Crippen LogP contribution in [0.3, 0.4) is 0 Å². The van der Waals surface area contributed by atoms with Crippen LogP contribution in [0.1, 0.15) is 0 Å². The van der Waals surface area contributed by atoms with E-state index in [1.807, 2.05) is 0 Å². The molecule has 0 aliphatic rings. The highest BCUT2D eigenvalue weighted by atomic mass is 35.5. The summed E-state index contributed by atoms with van der Waals surface area (Å²) in [6.45, 7) is 0. The number of rotatable bonds is 2. The van der Waals surface area contributed by atoms with E-state index in [9.17, 15) is 13.2 Å². The Hall–Kier alpha value is -1.69. The highest BCUT2D eigenvalue weighted by Crippen LogP contribution is 2.24. The molecule has 1 rings (SSSR count). The van der Waals surface area contributed by atoms with Crippen LogP contribution in [0.15, 0.2) is 41.2 Å². The molecule has 92 valence electrons. The molecule has 0 amide bonds. The molecule has 0 radical (unpaired) electrons. The number of aliphatic imine (C=N–C) groups is 1. The van der Waals surface area contributed by atoms with Crippen molar-refractivity contribution in [2.24, 2.45) is 16.5 Å². The largest absolute Gasteiger partial charge is 0.435 e. The molecule has 0 bridgehead atoms. The number of hydrogen-bond donors (Lipinski definition) is 2. The zero-order valence-electron chi connectivity index (χ0n) is 8.50. The van der Waals surface area contributed by atoms with E-state index in [4.69, 9.17) is 23.1 Å². The SMILES string of the molecule is NC=C(N)C(=Nc1ccc(Cl)cc1)C(F)(F)F. The first-order chi connectivity index (χ1) is 7.84. The number of halogens is 4. The van der Waals surface area contributed by atoms with Gasteiger partial charge in [-0.25, -0.2) is 4.99 Å². The van der Waals surface area contributed by atoms with Gasteiger partial charge in [-0.3, -0.25) is 0 Å². The van der Waals surface area contributed by atoms with Crippen molar-refractivity contribution >= 4 is 23.0 Å². The Bertz CT molecular complexity index is 449. The number of alkyl halides is 3. The topological polar surface area (TPSA) is 64.4 Å². The Labute approximate surface area is 101 Å². The van der Waals surface area contributed by atoms with Crippen molar-refractivity contribution in [2.45, 2.75) is 6.18 Å².